The van der Waals surface area contributed by atoms with Crippen molar-refractivity contribution in [3.63, 3.8) is 0 Å². The van der Waals surface area contributed by atoms with Crippen molar-refractivity contribution >= 4 is 43.2 Å². The van der Waals surface area contributed by atoms with Crippen LogP contribution in [0.4, 0.5) is 0 Å². The molecule has 1 aliphatic rings. The molecular formula is C21H18Br2S. The number of thiophene rings is 1. The summed E-state index contributed by atoms with van der Waals surface area (Å²) < 4.78 is 2.35. The molecule has 0 radical (unpaired) electrons. The van der Waals surface area contributed by atoms with Crippen molar-refractivity contribution in [2.75, 3.05) is 0 Å². The van der Waals surface area contributed by atoms with Crippen LogP contribution in [0.5, 0.6) is 0 Å². The van der Waals surface area contributed by atoms with E-state index in [2.05, 4.69) is 94.2 Å². The number of fused-ring (bicyclic) bond motifs is 3. The van der Waals surface area contributed by atoms with Gasteiger partial charge in [0.1, 0.15) is 0 Å². The van der Waals surface area contributed by atoms with E-state index in [0.717, 1.165) is 12.8 Å². The molecule has 0 N–H and O–H groups in total. The predicted octanol–water partition coefficient (Wildman–Crippen LogP) is 8.03. The lowest BCUT2D eigenvalue weighted by Gasteiger charge is -2.30. The summed E-state index contributed by atoms with van der Waals surface area (Å²) in [6.45, 7) is 4.63. The Morgan fingerprint density at radius 3 is 2.12 bits per heavy atom. The maximum Gasteiger partial charge on any atom is 0.0705 e. The molecule has 0 amide bonds. The molecule has 122 valence electrons. The SMILES string of the molecule is CCC1(CC)c2cc(Br)ccc2-c2ccc(-c3ccc(Br)s3)cc21. The van der Waals surface area contributed by atoms with Gasteiger partial charge in [-0.3, -0.25) is 0 Å². The van der Waals surface area contributed by atoms with Gasteiger partial charge in [0.15, 0.2) is 0 Å². The number of halogens is 2. The van der Waals surface area contributed by atoms with Gasteiger partial charge in [-0.05, 0) is 86.9 Å². The molecule has 1 aromatic heterocycles. The molecule has 1 heterocycles. The average Bonchev–Trinajstić information content (AvgIpc) is 3.14. The van der Waals surface area contributed by atoms with E-state index < -0.39 is 0 Å². The van der Waals surface area contributed by atoms with Crippen LogP contribution in [0.15, 0.2) is 56.8 Å². The van der Waals surface area contributed by atoms with Crippen LogP contribution in [-0.2, 0) is 5.41 Å². The topological polar surface area (TPSA) is 0 Å². The van der Waals surface area contributed by atoms with E-state index in [0.29, 0.717) is 0 Å². The minimum Gasteiger partial charge on any atom is -0.128 e. The first-order chi connectivity index (χ1) is 11.6. The molecule has 0 atom stereocenters. The van der Waals surface area contributed by atoms with E-state index in [1.165, 1.54) is 41.0 Å². The Morgan fingerprint density at radius 2 is 1.50 bits per heavy atom. The summed E-state index contributed by atoms with van der Waals surface area (Å²) in [5.41, 5.74) is 7.21. The zero-order chi connectivity index (χ0) is 16.9. The lowest BCUT2D eigenvalue weighted by Crippen LogP contribution is -2.23. The molecule has 4 rings (SSSR count). The lowest BCUT2D eigenvalue weighted by molar-refractivity contribution is 0.490. The molecule has 0 fully saturated rings. The van der Waals surface area contributed by atoms with Gasteiger partial charge < -0.3 is 0 Å². The Morgan fingerprint density at radius 1 is 0.833 bits per heavy atom. The van der Waals surface area contributed by atoms with E-state index in [-0.39, 0.29) is 5.41 Å². The smallest absolute Gasteiger partial charge is 0.0705 e. The van der Waals surface area contributed by atoms with Crippen molar-refractivity contribution in [2.24, 2.45) is 0 Å². The highest BCUT2D eigenvalue weighted by Gasteiger charge is 2.40. The molecule has 0 spiro atoms. The van der Waals surface area contributed by atoms with E-state index >= 15 is 0 Å². The van der Waals surface area contributed by atoms with E-state index in [1.54, 1.807) is 11.3 Å². The lowest BCUT2D eigenvalue weighted by atomic mass is 9.73. The van der Waals surface area contributed by atoms with Crippen molar-refractivity contribution in [2.45, 2.75) is 32.1 Å². The highest BCUT2D eigenvalue weighted by molar-refractivity contribution is 9.11. The molecule has 2 aromatic carbocycles. The molecule has 3 aromatic rings. The van der Waals surface area contributed by atoms with Crippen molar-refractivity contribution < 1.29 is 0 Å². The van der Waals surface area contributed by atoms with Crippen molar-refractivity contribution in [3.8, 4) is 21.6 Å². The van der Waals surface area contributed by atoms with Gasteiger partial charge in [-0.15, -0.1) is 11.3 Å². The molecule has 1 aliphatic carbocycles. The molecule has 0 nitrogen and oxygen atoms in total. The van der Waals surface area contributed by atoms with Crippen molar-refractivity contribution in [1.82, 2.24) is 0 Å². The van der Waals surface area contributed by atoms with Crippen LogP contribution in [-0.4, -0.2) is 0 Å². The third-order valence-corrected chi connectivity index (χ3v) is 7.55. The first-order valence-corrected chi connectivity index (χ1v) is 10.7. The predicted molar refractivity (Wildman–Crippen MR) is 112 cm³/mol. The zero-order valence-corrected chi connectivity index (χ0v) is 17.7. The monoisotopic (exact) mass is 460 g/mol. The maximum absolute atomic E-state index is 3.67. The van der Waals surface area contributed by atoms with E-state index in [1.807, 2.05) is 0 Å². The summed E-state index contributed by atoms with van der Waals surface area (Å²) in [4.78, 5) is 1.32. The average molecular weight is 462 g/mol. The highest BCUT2D eigenvalue weighted by Crippen LogP contribution is 2.54. The van der Waals surface area contributed by atoms with Gasteiger partial charge in [0.25, 0.3) is 0 Å². The van der Waals surface area contributed by atoms with Crippen LogP contribution >= 0.6 is 43.2 Å². The van der Waals surface area contributed by atoms with Gasteiger partial charge in [-0.2, -0.15) is 0 Å². The molecule has 3 heteroatoms. The summed E-state index contributed by atoms with van der Waals surface area (Å²) in [6.07, 6.45) is 2.25. The Balaban J connectivity index is 1.97. The Bertz CT molecular complexity index is 919. The van der Waals surface area contributed by atoms with Gasteiger partial charge in [0.05, 0.1) is 3.79 Å². The Kier molecular flexibility index (Phi) is 4.22. The quantitative estimate of drug-likeness (QED) is 0.370. The minimum atomic E-state index is 0.124. The molecule has 0 aliphatic heterocycles. The third-order valence-electron chi connectivity index (χ3n) is 5.39. The fourth-order valence-electron chi connectivity index (χ4n) is 4.10. The second kappa shape index (κ2) is 6.12. The normalized spacial score (nSPS) is 14.5. The van der Waals surface area contributed by atoms with Gasteiger partial charge in [-0.25, -0.2) is 0 Å². The fraction of sp³-hybridized carbons (Fsp3) is 0.238. The minimum absolute atomic E-state index is 0.124. The molecule has 0 bridgehead atoms. The number of benzene rings is 2. The van der Waals surface area contributed by atoms with Crippen molar-refractivity contribution in [3.05, 3.63) is 67.9 Å². The standard InChI is InChI=1S/C21H18Br2S/c1-3-21(4-2)17-11-13(19-9-10-20(23)24-19)5-7-15(17)16-8-6-14(22)12-18(16)21/h5-12H,3-4H2,1-2H3. The summed E-state index contributed by atoms with van der Waals surface area (Å²) in [7, 11) is 0. The summed E-state index contributed by atoms with van der Waals surface area (Å²) in [5, 5.41) is 0. The van der Waals surface area contributed by atoms with Gasteiger partial charge in [0.2, 0.25) is 0 Å². The molecular weight excluding hydrogens is 444 g/mol. The number of hydrogen-bond donors (Lipinski definition) is 0. The molecule has 24 heavy (non-hydrogen) atoms. The van der Waals surface area contributed by atoms with Crippen LogP contribution in [0.25, 0.3) is 21.6 Å². The summed E-state index contributed by atoms with van der Waals surface area (Å²) in [5.74, 6) is 0. The van der Waals surface area contributed by atoms with Crippen molar-refractivity contribution in [1.29, 1.82) is 0 Å². The van der Waals surface area contributed by atoms with E-state index in [4.69, 9.17) is 0 Å². The van der Waals surface area contributed by atoms with Gasteiger partial charge >= 0.3 is 0 Å². The highest BCUT2D eigenvalue weighted by atomic mass is 79.9. The fourth-order valence-corrected chi connectivity index (χ4v) is 5.85. The third kappa shape index (κ3) is 2.36. The second-order valence-electron chi connectivity index (χ2n) is 6.34. The largest absolute Gasteiger partial charge is 0.128 e. The molecule has 0 unspecified atom stereocenters. The Hall–Kier alpha value is -0.900. The summed E-state index contributed by atoms with van der Waals surface area (Å²) in [6, 6.07) is 18.1. The van der Waals surface area contributed by atoms with E-state index in [9.17, 15) is 0 Å². The first kappa shape index (κ1) is 16.6. The number of hydrogen-bond acceptors (Lipinski definition) is 1. The molecule has 0 saturated carbocycles. The van der Waals surface area contributed by atoms with Crippen LogP contribution in [0.3, 0.4) is 0 Å². The second-order valence-corrected chi connectivity index (χ2v) is 9.72. The van der Waals surface area contributed by atoms with Crippen LogP contribution in [0.2, 0.25) is 0 Å². The van der Waals surface area contributed by atoms with Crippen LogP contribution in [0.1, 0.15) is 37.8 Å². The first-order valence-electron chi connectivity index (χ1n) is 8.29. The van der Waals surface area contributed by atoms with Crippen LogP contribution in [0, 0.1) is 0 Å². The maximum atomic E-state index is 3.67. The summed E-state index contributed by atoms with van der Waals surface area (Å²) >= 11 is 9.05. The Labute approximate surface area is 164 Å². The zero-order valence-electron chi connectivity index (χ0n) is 13.7. The van der Waals surface area contributed by atoms with Gasteiger partial charge in [0, 0.05) is 14.8 Å². The molecule has 0 saturated heterocycles. The van der Waals surface area contributed by atoms with Gasteiger partial charge in [-0.1, -0.05) is 48.0 Å². The van der Waals surface area contributed by atoms with Crippen LogP contribution < -0.4 is 0 Å². The number of rotatable bonds is 3.